The Morgan fingerprint density at radius 1 is 1.19 bits per heavy atom. The van der Waals surface area contributed by atoms with Crippen molar-refractivity contribution in [1.82, 2.24) is 24.9 Å². The van der Waals surface area contributed by atoms with Crippen LogP contribution in [0.2, 0.25) is 5.02 Å². The Morgan fingerprint density at radius 2 is 2.00 bits per heavy atom. The number of halogens is 1. The van der Waals surface area contributed by atoms with E-state index in [1.54, 1.807) is 0 Å². The minimum Gasteiger partial charge on any atom is -0.335 e. The van der Waals surface area contributed by atoms with Crippen LogP contribution in [0, 0.1) is 0 Å². The molecule has 1 amide bonds. The molecule has 2 fully saturated rings. The third-order valence-corrected chi connectivity index (χ3v) is 5.85. The molecule has 4 rings (SSSR count). The number of piperazine rings is 1. The second-order valence-corrected chi connectivity index (χ2v) is 7.75. The van der Waals surface area contributed by atoms with Crippen LogP contribution in [-0.4, -0.2) is 64.8 Å². The van der Waals surface area contributed by atoms with Crippen molar-refractivity contribution in [2.24, 2.45) is 0 Å². The lowest BCUT2D eigenvalue weighted by Gasteiger charge is -2.34. The minimum atomic E-state index is 0.0370. The van der Waals surface area contributed by atoms with Gasteiger partial charge in [-0.2, -0.15) is 5.10 Å². The predicted octanol–water partition coefficient (Wildman–Crippen LogP) is 2.42. The number of carbonyl (C=O) groups excluding carboxylic acids is 1. The molecule has 1 atom stereocenters. The van der Waals surface area contributed by atoms with Gasteiger partial charge in [0.1, 0.15) is 5.69 Å². The van der Waals surface area contributed by atoms with E-state index < -0.39 is 0 Å². The fraction of sp³-hybridized carbons (Fsp3) is 0.500. The molecule has 144 valence electrons. The van der Waals surface area contributed by atoms with Crippen LogP contribution in [0.1, 0.15) is 34.9 Å². The molecule has 1 aromatic heterocycles. The summed E-state index contributed by atoms with van der Waals surface area (Å²) in [6.07, 6.45) is 4.21. The summed E-state index contributed by atoms with van der Waals surface area (Å²) in [7, 11) is 0. The highest BCUT2D eigenvalue weighted by Crippen LogP contribution is 2.19. The summed E-state index contributed by atoms with van der Waals surface area (Å²) in [5.74, 6) is 0.0370. The van der Waals surface area contributed by atoms with Gasteiger partial charge in [-0.15, -0.1) is 0 Å². The molecule has 2 aliphatic rings. The molecule has 6 nitrogen and oxygen atoms in total. The van der Waals surface area contributed by atoms with Gasteiger partial charge in [-0.1, -0.05) is 29.8 Å². The largest absolute Gasteiger partial charge is 0.335 e. The van der Waals surface area contributed by atoms with Gasteiger partial charge in [-0.25, -0.2) is 0 Å². The average molecular weight is 388 g/mol. The molecule has 2 aromatic rings. The average Bonchev–Trinajstić information content (AvgIpc) is 3.21. The van der Waals surface area contributed by atoms with Crippen molar-refractivity contribution in [3.63, 3.8) is 0 Å². The number of nitrogens with zero attached hydrogens (tertiary/aromatic N) is 4. The van der Waals surface area contributed by atoms with E-state index >= 15 is 0 Å². The first-order chi connectivity index (χ1) is 13.2. The smallest absolute Gasteiger partial charge is 0.274 e. The fourth-order valence-corrected chi connectivity index (χ4v) is 4.05. The van der Waals surface area contributed by atoms with Gasteiger partial charge in [-0.05, 0) is 37.1 Å². The quantitative estimate of drug-likeness (QED) is 0.875. The number of rotatable bonds is 4. The Hall–Kier alpha value is -1.89. The number of piperidine rings is 1. The molecule has 27 heavy (non-hydrogen) atoms. The SMILES string of the molecule is O=C(c1ccn(C2CCCNC2)n1)N1CCN(Cc2ccccc2Cl)CC1. The van der Waals surface area contributed by atoms with Crippen LogP contribution in [0.15, 0.2) is 36.5 Å². The highest BCUT2D eigenvalue weighted by Gasteiger charge is 2.25. The maximum absolute atomic E-state index is 12.8. The molecule has 0 spiro atoms. The maximum atomic E-state index is 12.8. The lowest BCUT2D eigenvalue weighted by Crippen LogP contribution is -2.48. The monoisotopic (exact) mass is 387 g/mol. The van der Waals surface area contributed by atoms with E-state index in [2.05, 4.69) is 21.4 Å². The first kappa shape index (κ1) is 18.5. The zero-order valence-corrected chi connectivity index (χ0v) is 16.2. The summed E-state index contributed by atoms with van der Waals surface area (Å²) in [5.41, 5.74) is 1.69. The predicted molar refractivity (Wildman–Crippen MR) is 106 cm³/mol. The van der Waals surface area contributed by atoms with Crippen molar-refractivity contribution < 1.29 is 4.79 Å². The molecule has 2 aliphatic heterocycles. The topological polar surface area (TPSA) is 53.4 Å². The molecule has 3 heterocycles. The van der Waals surface area contributed by atoms with Crippen molar-refractivity contribution in [2.45, 2.75) is 25.4 Å². The van der Waals surface area contributed by atoms with Gasteiger partial charge in [0.2, 0.25) is 0 Å². The van der Waals surface area contributed by atoms with Gasteiger partial charge in [0, 0.05) is 50.5 Å². The van der Waals surface area contributed by atoms with Crippen LogP contribution in [-0.2, 0) is 6.54 Å². The zero-order valence-electron chi connectivity index (χ0n) is 15.5. The van der Waals surface area contributed by atoms with Crippen molar-refractivity contribution in [3.05, 3.63) is 52.8 Å². The molecule has 1 N–H and O–H groups in total. The Labute approximate surface area is 165 Å². The fourth-order valence-electron chi connectivity index (χ4n) is 3.85. The molecule has 0 bridgehead atoms. The summed E-state index contributed by atoms with van der Waals surface area (Å²) in [4.78, 5) is 17.1. The van der Waals surface area contributed by atoms with Gasteiger partial charge in [0.25, 0.3) is 5.91 Å². The standard InChI is InChI=1S/C20H26ClN5O/c21-18-6-2-1-4-16(18)15-24-10-12-25(13-11-24)20(27)19-7-9-26(23-19)17-5-3-8-22-14-17/h1-2,4,6-7,9,17,22H,3,5,8,10-15H2. The molecule has 7 heteroatoms. The molecule has 0 saturated carbocycles. The first-order valence-electron chi connectivity index (χ1n) is 9.71. The summed E-state index contributed by atoms with van der Waals surface area (Å²) < 4.78 is 1.95. The molecule has 0 aliphatic carbocycles. The van der Waals surface area contributed by atoms with E-state index in [1.165, 1.54) is 0 Å². The Balaban J connectivity index is 1.32. The van der Waals surface area contributed by atoms with Crippen molar-refractivity contribution in [2.75, 3.05) is 39.3 Å². The van der Waals surface area contributed by atoms with Crippen molar-refractivity contribution in [1.29, 1.82) is 0 Å². The van der Waals surface area contributed by atoms with E-state index in [0.29, 0.717) is 11.7 Å². The number of carbonyl (C=O) groups is 1. The highest BCUT2D eigenvalue weighted by atomic mass is 35.5. The van der Waals surface area contributed by atoms with Gasteiger partial charge in [0.05, 0.1) is 6.04 Å². The van der Waals surface area contributed by atoms with Crippen LogP contribution in [0.5, 0.6) is 0 Å². The zero-order chi connectivity index (χ0) is 18.6. The van der Waals surface area contributed by atoms with E-state index in [-0.39, 0.29) is 5.91 Å². The van der Waals surface area contributed by atoms with Gasteiger partial charge >= 0.3 is 0 Å². The molecule has 0 radical (unpaired) electrons. The van der Waals surface area contributed by atoms with Crippen LogP contribution in [0.25, 0.3) is 0 Å². The van der Waals surface area contributed by atoms with E-state index in [9.17, 15) is 4.79 Å². The number of nitrogens with one attached hydrogen (secondary N) is 1. The lowest BCUT2D eigenvalue weighted by molar-refractivity contribution is 0.0621. The molecular formula is C20H26ClN5O. The van der Waals surface area contributed by atoms with Crippen LogP contribution in [0.4, 0.5) is 0 Å². The number of amides is 1. The third-order valence-electron chi connectivity index (χ3n) is 5.48. The number of hydrogen-bond donors (Lipinski definition) is 1. The Morgan fingerprint density at radius 3 is 2.74 bits per heavy atom. The van der Waals surface area contributed by atoms with E-state index in [0.717, 1.165) is 69.2 Å². The minimum absolute atomic E-state index is 0.0370. The van der Waals surface area contributed by atoms with Crippen molar-refractivity contribution in [3.8, 4) is 0 Å². The summed E-state index contributed by atoms with van der Waals surface area (Å²) in [5, 5.41) is 8.76. The Kier molecular flexibility index (Phi) is 5.76. The number of benzene rings is 1. The van der Waals surface area contributed by atoms with Gasteiger partial charge in [-0.3, -0.25) is 14.4 Å². The van der Waals surface area contributed by atoms with Crippen LogP contribution < -0.4 is 5.32 Å². The molecular weight excluding hydrogens is 362 g/mol. The van der Waals surface area contributed by atoms with Crippen LogP contribution >= 0.6 is 11.6 Å². The van der Waals surface area contributed by atoms with Gasteiger partial charge < -0.3 is 10.2 Å². The molecule has 2 saturated heterocycles. The Bertz CT molecular complexity index is 778. The molecule has 1 aromatic carbocycles. The number of aromatic nitrogens is 2. The van der Waals surface area contributed by atoms with E-state index in [4.69, 9.17) is 11.6 Å². The second kappa shape index (κ2) is 8.42. The normalized spacial score (nSPS) is 21.4. The lowest BCUT2D eigenvalue weighted by atomic mass is 10.1. The van der Waals surface area contributed by atoms with E-state index in [1.807, 2.05) is 40.0 Å². The first-order valence-corrected chi connectivity index (χ1v) is 10.1. The summed E-state index contributed by atoms with van der Waals surface area (Å²) in [6.45, 7) is 5.97. The third kappa shape index (κ3) is 4.34. The van der Waals surface area contributed by atoms with Crippen molar-refractivity contribution >= 4 is 17.5 Å². The highest BCUT2D eigenvalue weighted by molar-refractivity contribution is 6.31. The van der Waals surface area contributed by atoms with Crippen LogP contribution in [0.3, 0.4) is 0 Å². The van der Waals surface area contributed by atoms with Gasteiger partial charge in [0.15, 0.2) is 0 Å². The second-order valence-electron chi connectivity index (χ2n) is 7.34. The molecule has 1 unspecified atom stereocenters. The number of hydrogen-bond acceptors (Lipinski definition) is 4. The summed E-state index contributed by atoms with van der Waals surface area (Å²) in [6, 6.07) is 10.2. The maximum Gasteiger partial charge on any atom is 0.274 e. The summed E-state index contributed by atoms with van der Waals surface area (Å²) >= 11 is 6.26.